The highest BCUT2D eigenvalue weighted by molar-refractivity contribution is 9.10. The fraction of sp³-hybridized carbons (Fsp3) is 0.0625. The summed E-state index contributed by atoms with van der Waals surface area (Å²) in [6.45, 7) is 1.93. The number of hydrogen-bond donors (Lipinski definition) is 2. The highest BCUT2D eigenvalue weighted by Crippen LogP contribution is 2.23. The Hall–Kier alpha value is -2.07. The van der Waals surface area contributed by atoms with Crippen molar-refractivity contribution in [1.82, 2.24) is 0 Å². The van der Waals surface area contributed by atoms with Gasteiger partial charge in [-0.05, 0) is 48.9 Å². The van der Waals surface area contributed by atoms with Gasteiger partial charge in [-0.25, -0.2) is 0 Å². The number of allylic oxidation sites excluding steroid dienone is 1. The number of nitrogens with one attached hydrogen (secondary N) is 1. The van der Waals surface area contributed by atoms with E-state index in [4.69, 9.17) is 0 Å². The Bertz CT molecular complexity index is 648. The quantitative estimate of drug-likeness (QED) is 0.499. The van der Waals surface area contributed by atoms with Gasteiger partial charge in [-0.2, -0.15) is 0 Å². The van der Waals surface area contributed by atoms with E-state index in [0.717, 1.165) is 10.0 Å². The van der Waals surface area contributed by atoms with Crippen molar-refractivity contribution in [3.8, 4) is 5.75 Å². The molecule has 0 aliphatic rings. The first-order valence-electron chi connectivity index (χ1n) is 6.09. The van der Waals surface area contributed by atoms with E-state index >= 15 is 0 Å². The lowest BCUT2D eigenvalue weighted by Crippen LogP contribution is -1.96. The first-order chi connectivity index (χ1) is 9.56. The van der Waals surface area contributed by atoms with Gasteiger partial charge in [0, 0.05) is 22.3 Å². The van der Waals surface area contributed by atoms with Gasteiger partial charge >= 0.3 is 0 Å². The second-order valence-electron chi connectivity index (χ2n) is 4.37. The lowest BCUT2D eigenvalue weighted by atomic mass is 10.1. The summed E-state index contributed by atoms with van der Waals surface area (Å²) >= 11 is 3.32. The van der Waals surface area contributed by atoms with Gasteiger partial charge in [0.2, 0.25) is 0 Å². The van der Waals surface area contributed by atoms with Gasteiger partial charge in [0.25, 0.3) is 0 Å². The molecule has 0 aliphatic heterocycles. The van der Waals surface area contributed by atoms with Crippen LogP contribution in [0.2, 0.25) is 0 Å². The number of phenolic OH excluding ortho intramolecular Hbond substituents is 1. The number of benzene rings is 2. The summed E-state index contributed by atoms with van der Waals surface area (Å²) in [5, 5.41) is 12.6. The lowest BCUT2D eigenvalue weighted by Gasteiger charge is -2.04. The Kier molecular flexibility index (Phi) is 4.58. The van der Waals surface area contributed by atoms with Crippen LogP contribution in [0.15, 0.2) is 59.2 Å². The van der Waals surface area contributed by atoms with Crippen molar-refractivity contribution in [3.63, 3.8) is 0 Å². The zero-order valence-electron chi connectivity index (χ0n) is 10.9. The summed E-state index contributed by atoms with van der Waals surface area (Å²) in [6, 6.07) is 12.4. The Balaban J connectivity index is 2.04. The molecular formula is C16H14BrNO2. The summed E-state index contributed by atoms with van der Waals surface area (Å²) in [5.74, 6) is 0.0495. The predicted molar refractivity (Wildman–Crippen MR) is 84.1 cm³/mol. The molecule has 0 amide bonds. The SMILES string of the molecule is Cc1ccc(O)c(N/C=C/C(=O)c2ccc(Br)cc2)c1. The van der Waals surface area contributed by atoms with Crippen LogP contribution < -0.4 is 5.32 Å². The predicted octanol–water partition coefficient (Wildman–Crippen LogP) is 4.27. The molecule has 2 N–H and O–H groups in total. The third kappa shape index (κ3) is 3.71. The van der Waals surface area contributed by atoms with Crippen molar-refractivity contribution in [2.24, 2.45) is 0 Å². The van der Waals surface area contributed by atoms with Crippen molar-refractivity contribution < 1.29 is 9.90 Å². The normalized spacial score (nSPS) is 10.7. The summed E-state index contributed by atoms with van der Waals surface area (Å²) in [5.41, 5.74) is 2.21. The molecule has 4 heteroatoms. The van der Waals surface area contributed by atoms with Crippen LogP contribution in [0.25, 0.3) is 0 Å². The van der Waals surface area contributed by atoms with Crippen LogP contribution in [0.4, 0.5) is 5.69 Å². The number of hydrogen-bond acceptors (Lipinski definition) is 3. The highest BCUT2D eigenvalue weighted by Gasteiger charge is 2.02. The molecule has 0 radical (unpaired) electrons. The van der Waals surface area contributed by atoms with Gasteiger partial charge in [-0.15, -0.1) is 0 Å². The monoisotopic (exact) mass is 331 g/mol. The summed E-state index contributed by atoms with van der Waals surface area (Å²) in [4.78, 5) is 11.9. The van der Waals surface area contributed by atoms with Crippen molar-refractivity contribution >= 4 is 27.4 Å². The minimum absolute atomic E-state index is 0.0999. The summed E-state index contributed by atoms with van der Waals surface area (Å²) in [7, 11) is 0. The molecule has 0 heterocycles. The van der Waals surface area contributed by atoms with E-state index in [1.54, 1.807) is 18.2 Å². The molecule has 0 bridgehead atoms. The first kappa shape index (κ1) is 14.3. The Morgan fingerprint density at radius 2 is 1.90 bits per heavy atom. The van der Waals surface area contributed by atoms with Crippen LogP contribution in [0.5, 0.6) is 5.75 Å². The minimum atomic E-state index is -0.0999. The number of carbonyl (C=O) groups excluding carboxylic acids is 1. The largest absolute Gasteiger partial charge is 0.506 e. The van der Waals surface area contributed by atoms with Crippen molar-refractivity contribution in [2.45, 2.75) is 6.92 Å². The smallest absolute Gasteiger partial charge is 0.187 e. The molecule has 0 unspecified atom stereocenters. The third-order valence-corrected chi connectivity index (χ3v) is 3.28. The number of phenols is 1. The molecule has 102 valence electrons. The minimum Gasteiger partial charge on any atom is -0.506 e. The number of halogens is 1. The van der Waals surface area contributed by atoms with E-state index in [0.29, 0.717) is 11.3 Å². The molecule has 0 saturated heterocycles. The maximum Gasteiger partial charge on any atom is 0.187 e. The number of aryl methyl sites for hydroxylation is 1. The zero-order valence-corrected chi connectivity index (χ0v) is 12.5. The molecule has 2 aromatic carbocycles. The van der Waals surface area contributed by atoms with Crippen molar-refractivity contribution in [1.29, 1.82) is 0 Å². The van der Waals surface area contributed by atoms with Crippen molar-refractivity contribution in [2.75, 3.05) is 5.32 Å². The van der Waals surface area contributed by atoms with Crippen LogP contribution in [0.3, 0.4) is 0 Å². The molecule has 0 fully saturated rings. The molecule has 0 spiro atoms. The lowest BCUT2D eigenvalue weighted by molar-refractivity contribution is 0.104. The van der Waals surface area contributed by atoms with E-state index < -0.39 is 0 Å². The van der Waals surface area contributed by atoms with E-state index in [9.17, 15) is 9.90 Å². The molecule has 0 atom stereocenters. The first-order valence-corrected chi connectivity index (χ1v) is 6.88. The zero-order chi connectivity index (χ0) is 14.5. The van der Waals surface area contributed by atoms with E-state index in [2.05, 4.69) is 21.2 Å². The van der Waals surface area contributed by atoms with E-state index in [1.165, 1.54) is 12.3 Å². The van der Waals surface area contributed by atoms with E-state index in [1.807, 2.05) is 31.2 Å². The molecule has 0 aromatic heterocycles. The van der Waals surface area contributed by atoms with Gasteiger partial charge in [-0.1, -0.05) is 22.0 Å². The van der Waals surface area contributed by atoms with Crippen LogP contribution in [-0.4, -0.2) is 10.9 Å². The molecule has 20 heavy (non-hydrogen) atoms. The summed E-state index contributed by atoms with van der Waals surface area (Å²) in [6.07, 6.45) is 2.96. The van der Waals surface area contributed by atoms with Gasteiger partial charge in [0.1, 0.15) is 5.75 Å². The standard InChI is InChI=1S/C16H14BrNO2/c1-11-2-7-16(20)14(10-11)18-9-8-15(19)12-3-5-13(17)6-4-12/h2-10,18,20H,1H3/b9-8+. The van der Waals surface area contributed by atoms with Crippen LogP contribution in [0.1, 0.15) is 15.9 Å². The number of carbonyl (C=O) groups is 1. The van der Waals surface area contributed by atoms with Crippen molar-refractivity contribution in [3.05, 3.63) is 70.3 Å². The molecule has 0 aliphatic carbocycles. The maximum absolute atomic E-state index is 11.9. The molecule has 3 nitrogen and oxygen atoms in total. The topological polar surface area (TPSA) is 49.3 Å². The maximum atomic E-state index is 11.9. The average molecular weight is 332 g/mol. The van der Waals surface area contributed by atoms with E-state index in [-0.39, 0.29) is 11.5 Å². The second-order valence-corrected chi connectivity index (χ2v) is 5.29. The Morgan fingerprint density at radius 1 is 1.20 bits per heavy atom. The molecule has 2 rings (SSSR count). The molecule has 2 aromatic rings. The number of anilines is 1. The van der Waals surface area contributed by atoms with Crippen LogP contribution in [0, 0.1) is 6.92 Å². The molecule has 0 saturated carbocycles. The number of aromatic hydroxyl groups is 1. The van der Waals surface area contributed by atoms with Gasteiger partial charge < -0.3 is 10.4 Å². The summed E-state index contributed by atoms with van der Waals surface area (Å²) < 4.78 is 0.931. The number of rotatable bonds is 4. The highest BCUT2D eigenvalue weighted by atomic mass is 79.9. The second kappa shape index (κ2) is 6.39. The van der Waals surface area contributed by atoms with Crippen LogP contribution >= 0.6 is 15.9 Å². The Morgan fingerprint density at radius 3 is 2.60 bits per heavy atom. The van der Waals surface area contributed by atoms with Gasteiger partial charge in [0.15, 0.2) is 5.78 Å². The fourth-order valence-corrected chi connectivity index (χ4v) is 1.95. The van der Waals surface area contributed by atoms with Gasteiger partial charge in [-0.3, -0.25) is 4.79 Å². The average Bonchev–Trinajstić information content (AvgIpc) is 2.43. The third-order valence-electron chi connectivity index (χ3n) is 2.75. The van der Waals surface area contributed by atoms with Gasteiger partial charge in [0.05, 0.1) is 5.69 Å². The number of ketones is 1. The van der Waals surface area contributed by atoms with Crippen LogP contribution in [-0.2, 0) is 0 Å². The Labute approximate surface area is 126 Å². The molecular weight excluding hydrogens is 318 g/mol. The fourth-order valence-electron chi connectivity index (χ4n) is 1.68.